The number of anilines is 1. The topological polar surface area (TPSA) is 119 Å². The molecule has 2 aromatic rings. The number of fused-ring (bicyclic) bond motifs is 1. The number of amides is 3. The minimum absolute atomic E-state index is 0.146. The van der Waals surface area contributed by atoms with Gasteiger partial charge in [-0.15, -0.1) is 0 Å². The fourth-order valence-electron chi connectivity index (χ4n) is 3.29. The van der Waals surface area contributed by atoms with E-state index in [1.807, 2.05) is 0 Å². The van der Waals surface area contributed by atoms with Gasteiger partial charge in [0, 0.05) is 25.1 Å². The summed E-state index contributed by atoms with van der Waals surface area (Å²) in [5, 5.41) is 13.5. The van der Waals surface area contributed by atoms with Gasteiger partial charge in [-0.2, -0.15) is 0 Å². The van der Waals surface area contributed by atoms with Crippen molar-refractivity contribution in [3.05, 3.63) is 63.7 Å². The van der Waals surface area contributed by atoms with Crippen molar-refractivity contribution in [3.63, 3.8) is 0 Å². The number of methoxy groups -OCH3 is 1. The molecule has 30 heavy (non-hydrogen) atoms. The maximum absolute atomic E-state index is 12.3. The van der Waals surface area contributed by atoms with Gasteiger partial charge in [-0.3, -0.25) is 29.4 Å². The summed E-state index contributed by atoms with van der Waals surface area (Å²) in [6, 6.07) is 10.7. The second-order valence-corrected chi connectivity index (χ2v) is 6.81. The first-order valence-electron chi connectivity index (χ1n) is 9.50. The summed E-state index contributed by atoms with van der Waals surface area (Å²) >= 11 is 0. The van der Waals surface area contributed by atoms with Crippen molar-refractivity contribution in [3.8, 4) is 5.75 Å². The first-order chi connectivity index (χ1) is 14.4. The molecular weight excluding hydrogens is 390 g/mol. The van der Waals surface area contributed by atoms with Gasteiger partial charge >= 0.3 is 0 Å². The molecule has 2 aromatic carbocycles. The highest BCUT2D eigenvalue weighted by molar-refractivity contribution is 6.21. The highest BCUT2D eigenvalue weighted by Gasteiger charge is 2.34. The number of nitro benzene ring substituents is 1. The van der Waals surface area contributed by atoms with Gasteiger partial charge in [-0.25, -0.2) is 0 Å². The Labute approximate surface area is 172 Å². The molecule has 0 saturated heterocycles. The summed E-state index contributed by atoms with van der Waals surface area (Å²) < 4.78 is 5.12. The molecule has 9 heteroatoms. The zero-order valence-corrected chi connectivity index (χ0v) is 16.4. The number of rotatable bonds is 9. The lowest BCUT2D eigenvalue weighted by Crippen LogP contribution is -2.30. The SMILES string of the molecule is COc1ccc([N+](=O)[O-])cc1NC(=O)CCCCCN1C(=O)c2ccccc2C1=O. The number of nitrogens with zero attached hydrogens (tertiary/aromatic N) is 2. The molecule has 0 spiro atoms. The second kappa shape index (κ2) is 9.17. The third kappa shape index (κ3) is 4.45. The van der Waals surface area contributed by atoms with Gasteiger partial charge < -0.3 is 10.1 Å². The van der Waals surface area contributed by atoms with Gasteiger partial charge in [0.15, 0.2) is 0 Å². The van der Waals surface area contributed by atoms with E-state index in [2.05, 4.69) is 5.32 Å². The van der Waals surface area contributed by atoms with Crippen LogP contribution in [0.4, 0.5) is 11.4 Å². The number of hydrogen-bond donors (Lipinski definition) is 1. The number of unbranched alkanes of at least 4 members (excludes halogenated alkanes) is 2. The first kappa shape index (κ1) is 21.0. The number of carbonyl (C=O) groups is 3. The molecule has 0 atom stereocenters. The number of nitro groups is 1. The number of benzene rings is 2. The molecule has 3 amide bonds. The van der Waals surface area contributed by atoms with Gasteiger partial charge in [0.25, 0.3) is 17.5 Å². The van der Waals surface area contributed by atoms with Crippen LogP contribution in [0, 0.1) is 10.1 Å². The molecule has 1 heterocycles. The van der Waals surface area contributed by atoms with Crippen molar-refractivity contribution in [2.24, 2.45) is 0 Å². The number of ether oxygens (including phenoxy) is 1. The van der Waals surface area contributed by atoms with Crippen molar-refractivity contribution in [2.45, 2.75) is 25.7 Å². The van der Waals surface area contributed by atoms with E-state index in [4.69, 9.17) is 4.74 Å². The molecule has 0 radical (unpaired) electrons. The van der Waals surface area contributed by atoms with E-state index < -0.39 is 4.92 Å². The number of hydrogen-bond acceptors (Lipinski definition) is 6. The monoisotopic (exact) mass is 411 g/mol. The summed E-state index contributed by atoms with van der Waals surface area (Å²) in [5.41, 5.74) is 0.940. The third-order valence-corrected chi connectivity index (χ3v) is 4.83. The Bertz CT molecular complexity index is 969. The van der Waals surface area contributed by atoms with Crippen LogP contribution in [-0.4, -0.2) is 41.2 Å². The highest BCUT2D eigenvalue weighted by Crippen LogP contribution is 2.29. The standard InChI is InChI=1S/C21H21N3O6/c1-30-18-11-10-14(24(28)29)13-17(18)22-19(25)9-3-2-6-12-23-20(26)15-7-4-5-8-16(15)21(23)27/h4-5,7-8,10-11,13H,2-3,6,9,12H2,1H3,(H,22,25). The Morgan fingerprint density at radius 1 is 1.07 bits per heavy atom. The maximum Gasteiger partial charge on any atom is 0.271 e. The molecule has 156 valence electrons. The predicted molar refractivity (Wildman–Crippen MR) is 109 cm³/mol. The van der Waals surface area contributed by atoms with Gasteiger partial charge in [-0.1, -0.05) is 18.6 Å². The molecule has 1 aliphatic heterocycles. The largest absolute Gasteiger partial charge is 0.495 e. The smallest absolute Gasteiger partial charge is 0.271 e. The van der Waals surface area contributed by atoms with Gasteiger partial charge in [0.05, 0.1) is 28.8 Å². The maximum atomic E-state index is 12.3. The zero-order valence-electron chi connectivity index (χ0n) is 16.4. The Hall–Kier alpha value is -3.75. The van der Waals surface area contributed by atoms with E-state index in [0.717, 1.165) is 0 Å². The quantitative estimate of drug-likeness (QED) is 0.292. The fourth-order valence-corrected chi connectivity index (χ4v) is 3.29. The number of imide groups is 1. The lowest BCUT2D eigenvalue weighted by molar-refractivity contribution is -0.384. The van der Waals surface area contributed by atoms with Crippen molar-refractivity contribution < 1.29 is 24.0 Å². The number of carbonyl (C=O) groups excluding carboxylic acids is 3. The van der Waals surface area contributed by atoms with Crippen LogP contribution in [0.1, 0.15) is 46.4 Å². The van der Waals surface area contributed by atoms with Gasteiger partial charge in [-0.05, 0) is 31.0 Å². The number of nitrogens with one attached hydrogen (secondary N) is 1. The van der Waals surface area contributed by atoms with Crippen molar-refractivity contribution in [1.82, 2.24) is 4.90 Å². The van der Waals surface area contributed by atoms with Crippen LogP contribution in [0.5, 0.6) is 5.75 Å². The lowest BCUT2D eigenvalue weighted by atomic mass is 10.1. The van der Waals surface area contributed by atoms with Gasteiger partial charge in [0.1, 0.15) is 5.75 Å². The molecule has 0 saturated carbocycles. The van der Waals surface area contributed by atoms with Gasteiger partial charge in [0.2, 0.25) is 5.91 Å². The molecule has 1 aliphatic rings. The van der Waals surface area contributed by atoms with E-state index in [-0.39, 0.29) is 35.5 Å². The first-order valence-corrected chi connectivity index (χ1v) is 9.50. The predicted octanol–water partition coefficient (Wildman–Crippen LogP) is 3.40. The van der Waals surface area contributed by atoms with E-state index in [1.165, 1.54) is 30.2 Å². The summed E-state index contributed by atoms with van der Waals surface area (Å²) in [7, 11) is 1.41. The summed E-state index contributed by atoms with van der Waals surface area (Å²) in [4.78, 5) is 48.4. The average Bonchev–Trinajstić information content (AvgIpc) is 2.98. The van der Waals surface area contributed by atoms with Crippen LogP contribution in [0.15, 0.2) is 42.5 Å². The van der Waals surface area contributed by atoms with E-state index in [0.29, 0.717) is 42.7 Å². The molecule has 0 aromatic heterocycles. The third-order valence-electron chi connectivity index (χ3n) is 4.83. The van der Waals surface area contributed by atoms with E-state index in [1.54, 1.807) is 24.3 Å². The highest BCUT2D eigenvalue weighted by atomic mass is 16.6. The van der Waals surface area contributed by atoms with Crippen LogP contribution in [0.25, 0.3) is 0 Å². The molecule has 0 fully saturated rings. The lowest BCUT2D eigenvalue weighted by Gasteiger charge is -2.13. The van der Waals surface area contributed by atoms with Crippen LogP contribution < -0.4 is 10.1 Å². The minimum atomic E-state index is -0.547. The van der Waals surface area contributed by atoms with Crippen molar-refractivity contribution >= 4 is 29.1 Å². The van der Waals surface area contributed by atoms with E-state index in [9.17, 15) is 24.5 Å². The normalized spacial score (nSPS) is 12.6. The second-order valence-electron chi connectivity index (χ2n) is 6.81. The van der Waals surface area contributed by atoms with Crippen LogP contribution >= 0.6 is 0 Å². The molecule has 0 bridgehead atoms. The molecular formula is C21H21N3O6. The fraction of sp³-hybridized carbons (Fsp3) is 0.286. The average molecular weight is 411 g/mol. The van der Waals surface area contributed by atoms with Crippen molar-refractivity contribution in [1.29, 1.82) is 0 Å². The Balaban J connectivity index is 1.45. The Kier molecular flexibility index (Phi) is 6.41. The Morgan fingerprint density at radius 3 is 2.33 bits per heavy atom. The molecule has 0 aliphatic carbocycles. The molecule has 0 unspecified atom stereocenters. The minimum Gasteiger partial charge on any atom is -0.495 e. The van der Waals surface area contributed by atoms with Crippen molar-refractivity contribution in [2.75, 3.05) is 19.0 Å². The molecule has 3 rings (SSSR count). The summed E-state index contributed by atoms with van der Waals surface area (Å²) in [5.74, 6) is -0.536. The molecule has 9 nitrogen and oxygen atoms in total. The van der Waals surface area contributed by atoms with E-state index >= 15 is 0 Å². The van der Waals surface area contributed by atoms with Crippen LogP contribution in [0.3, 0.4) is 0 Å². The summed E-state index contributed by atoms with van der Waals surface area (Å²) in [6.45, 7) is 0.298. The summed E-state index contributed by atoms with van der Waals surface area (Å²) in [6.07, 6.45) is 1.98. The number of non-ortho nitro benzene ring substituents is 1. The Morgan fingerprint density at radius 2 is 1.73 bits per heavy atom. The van der Waals surface area contributed by atoms with Crippen LogP contribution in [-0.2, 0) is 4.79 Å². The molecule has 1 N–H and O–H groups in total. The zero-order chi connectivity index (χ0) is 21.7. The van der Waals surface area contributed by atoms with Crippen LogP contribution in [0.2, 0.25) is 0 Å².